The van der Waals surface area contributed by atoms with Crippen LogP contribution in [-0.4, -0.2) is 21.0 Å². The molecule has 1 aromatic heterocycles. The van der Waals surface area contributed by atoms with Gasteiger partial charge in [-0.05, 0) is 17.7 Å². The smallest absolute Gasteiger partial charge is 0.325 e. The number of aliphatic carboxylic acids is 1. The molecule has 0 fully saturated rings. The zero-order valence-electron chi connectivity index (χ0n) is 10.4. The van der Waals surface area contributed by atoms with Crippen molar-refractivity contribution in [2.75, 3.05) is 0 Å². The molecule has 20 heavy (non-hydrogen) atoms. The second-order valence-corrected chi connectivity index (χ2v) is 5.94. The van der Waals surface area contributed by atoms with Crippen LogP contribution in [0.2, 0.25) is 0 Å². The summed E-state index contributed by atoms with van der Waals surface area (Å²) >= 11 is 0. The second kappa shape index (κ2) is 5.96. The SMILES string of the molecule is O=C(O)C(NP(=O)(O)c1ccccn1)c1ccccc1. The van der Waals surface area contributed by atoms with E-state index < -0.39 is 19.5 Å². The van der Waals surface area contributed by atoms with Crippen LogP contribution in [0.15, 0.2) is 54.7 Å². The van der Waals surface area contributed by atoms with E-state index in [1.807, 2.05) is 0 Å². The minimum Gasteiger partial charge on any atom is -0.480 e. The summed E-state index contributed by atoms with van der Waals surface area (Å²) in [6.45, 7) is 0. The molecule has 6 nitrogen and oxygen atoms in total. The van der Waals surface area contributed by atoms with Gasteiger partial charge in [0.25, 0.3) is 0 Å². The summed E-state index contributed by atoms with van der Waals surface area (Å²) in [6, 6.07) is 11.5. The lowest BCUT2D eigenvalue weighted by atomic mass is 10.1. The molecule has 0 saturated heterocycles. The van der Waals surface area contributed by atoms with Crippen LogP contribution >= 0.6 is 7.52 Å². The van der Waals surface area contributed by atoms with E-state index in [2.05, 4.69) is 10.1 Å². The third-order valence-corrected chi connectivity index (χ3v) is 4.14. The van der Waals surface area contributed by atoms with Gasteiger partial charge in [0.1, 0.15) is 11.5 Å². The second-order valence-electron chi connectivity index (χ2n) is 4.07. The van der Waals surface area contributed by atoms with E-state index in [0.717, 1.165) is 0 Å². The maximum absolute atomic E-state index is 12.2. The first-order chi connectivity index (χ1) is 9.50. The molecular weight excluding hydrogens is 279 g/mol. The van der Waals surface area contributed by atoms with Crippen molar-refractivity contribution in [1.29, 1.82) is 0 Å². The molecule has 1 heterocycles. The molecular formula is C13H13N2O4P. The van der Waals surface area contributed by atoms with E-state index >= 15 is 0 Å². The molecule has 104 valence electrons. The van der Waals surface area contributed by atoms with Gasteiger partial charge in [0, 0.05) is 6.20 Å². The zero-order valence-corrected chi connectivity index (χ0v) is 11.3. The van der Waals surface area contributed by atoms with Crippen molar-refractivity contribution < 1.29 is 19.4 Å². The van der Waals surface area contributed by atoms with Gasteiger partial charge in [0.15, 0.2) is 0 Å². The van der Waals surface area contributed by atoms with E-state index in [4.69, 9.17) is 0 Å². The summed E-state index contributed by atoms with van der Waals surface area (Å²) < 4.78 is 12.2. The Bertz CT molecular complexity index is 633. The van der Waals surface area contributed by atoms with Crippen molar-refractivity contribution in [2.24, 2.45) is 0 Å². The summed E-state index contributed by atoms with van der Waals surface area (Å²) in [7, 11) is -4.06. The van der Waals surface area contributed by atoms with E-state index in [-0.39, 0.29) is 5.44 Å². The summed E-state index contributed by atoms with van der Waals surface area (Å²) in [5.74, 6) is -1.23. The van der Waals surface area contributed by atoms with Crippen LogP contribution in [0.25, 0.3) is 0 Å². The van der Waals surface area contributed by atoms with E-state index in [1.54, 1.807) is 42.5 Å². The van der Waals surface area contributed by atoms with Gasteiger partial charge >= 0.3 is 13.5 Å². The molecule has 2 aromatic rings. The molecule has 2 unspecified atom stereocenters. The largest absolute Gasteiger partial charge is 0.480 e. The standard InChI is InChI=1S/C13H13N2O4P/c16-13(17)12(10-6-2-1-3-7-10)15-20(18,19)11-8-4-5-9-14-11/h1-9,12H,(H,16,17)(H2,15,18,19). The maximum Gasteiger partial charge on any atom is 0.325 e. The Labute approximate surface area is 115 Å². The third kappa shape index (κ3) is 3.30. The van der Waals surface area contributed by atoms with Crippen molar-refractivity contribution in [3.63, 3.8) is 0 Å². The summed E-state index contributed by atoms with van der Waals surface area (Å²) in [6.07, 6.45) is 1.37. The minimum absolute atomic E-state index is 0.0813. The molecule has 0 amide bonds. The maximum atomic E-state index is 12.2. The van der Waals surface area contributed by atoms with E-state index in [9.17, 15) is 19.4 Å². The Morgan fingerprint density at radius 2 is 1.80 bits per heavy atom. The fourth-order valence-corrected chi connectivity index (χ4v) is 2.95. The highest BCUT2D eigenvalue weighted by Gasteiger charge is 2.31. The number of benzene rings is 1. The van der Waals surface area contributed by atoms with Gasteiger partial charge in [0.2, 0.25) is 0 Å². The quantitative estimate of drug-likeness (QED) is 0.718. The fraction of sp³-hybridized carbons (Fsp3) is 0.0769. The van der Waals surface area contributed by atoms with Gasteiger partial charge in [0.05, 0.1) is 0 Å². The number of aromatic nitrogens is 1. The number of carboxylic acid groups (broad SMARTS) is 1. The first-order valence-electron chi connectivity index (χ1n) is 5.80. The zero-order chi connectivity index (χ0) is 14.6. The van der Waals surface area contributed by atoms with Gasteiger partial charge in [-0.2, -0.15) is 0 Å². The Kier molecular flexibility index (Phi) is 4.29. The lowest BCUT2D eigenvalue weighted by Crippen LogP contribution is -2.30. The van der Waals surface area contributed by atoms with Gasteiger partial charge in [-0.3, -0.25) is 9.36 Å². The Morgan fingerprint density at radius 1 is 1.15 bits per heavy atom. The molecule has 0 aliphatic carbocycles. The van der Waals surface area contributed by atoms with Crippen LogP contribution in [-0.2, 0) is 9.36 Å². The number of nitrogens with one attached hydrogen (secondary N) is 1. The number of hydrogen-bond donors (Lipinski definition) is 3. The number of rotatable bonds is 5. The summed E-state index contributed by atoms with van der Waals surface area (Å²) in [5, 5.41) is 11.5. The average Bonchev–Trinajstić information content (AvgIpc) is 2.46. The van der Waals surface area contributed by atoms with Gasteiger partial charge in [-0.25, -0.2) is 10.1 Å². The molecule has 0 spiro atoms. The van der Waals surface area contributed by atoms with Crippen molar-refractivity contribution in [2.45, 2.75) is 6.04 Å². The molecule has 1 aromatic carbocycles. The van der Waals surface area contributed by atoms with Crippen LogP contribution in [0.3, 0.4) is 0 Å². The summed E-state index contributed by atoms with van der Waals surface area (Å²) in [5.41, 5.74) is 0.312. The normalized spacial score (nSPS) is 15.2. The predicted molar refractivity (Wildman–Crippen MR) is 73.7 cm³/mol. The number of pyridine rings is 1. The molecule has 3 N–H and O–H groups in total. The van der Waals surface area contributed by atoms with Crippen molar-refractivity contribution >= 4 is 18.9 Å². The Balaban J connectivity index is 2.30. The first-order valence-corrected chi connectivity index (χ1v) is 7.46. The topological polar surface area (TPSA) is 99.5 Å². The molecule has 0 radical (unpaired) electrons. The molecule has 0 bridgehead atoms. The summed E-state index contributed by atoms with van der Waals surface area (Å²) in [4.78, 5) is 25.1. The molecule has 0 saturated carbocycles. The average molecular weight is 292 g/mol. The van der Waals surface area contributed by atoms with Crippen LogP contribution in [0.4, 0.5) is 0 Å². The predicted octanol–water partition coefficient (Wildman–Crippen LogP) is 1.31. The van der Waals surface area contributed by atoms with Crippen molar-refractivity contribution in [3.8, 4) is 0 Å². The monoisotopic (exact) mass is 292 g/mol. The van der Waals surface area contributed by atoms with Crippen LogP contribution in [0.1, 0.15) is 11.6 Å². The van der Waals surface area contributed by atoms with Crippen LogP contribution in [0, 0.1) is 0 Å². The highest BCUT2D eigenvalue weighted by atomic mass is 31.2. The van der Waals surface area contributed by atoms with E-state index in [1.165, 1.54) is 12.3 Å². The van der Waals surface area contributed by atoms with Crippen molar-refractivity contribution in [3.05, 3.63) is 60.3 Å². The van der Waals surface area contributed by atoms with Gasteiger partial charge in [-0.15, -0.1) is 0 Å². The molecule has 0 aliphatic rings. The first kappa shape index (κ1) is 14.4. The lowest BCUT2D eigenvalue weighted by molar-refractivity contribution is -0.139. The molecule has 2 atom stereocenters. The lowest BCUT2D eigenvalue weighted by Gasteiger charge is -2.19. The van der Waals surface area contributed by atoms with Crippen LogP contribution in [0.5, 0.6) is 0 Å². The van der Waals surface area contributed by atoms with E-state index in [0.29, 0.717) is 5.56 Å². The minimum atomic E-state index is -4.06. The highest BCUT2D eigenvalue weighted by molar-refractivity contribution is 7.63. The van der Waals surface area contributed by atoms with Crippen LogP contribution < -0.4 is 10.5 Å². The fourth-order valence-electron chi connectivity index (χ4n) is 1.69. The Morgan fingerprint density at radius 3 is 2.35 bits per heavy atom. The van der Waals surface area contributed by atoms with Gasteiger partial charge < -0.3 is 10.00 Å². The number of hydrogen-bond acceptors (Lipinski definition) is 3. The highest BCUT2D eigenvalue weighted by Crippen LogP contribution is 2.36. The van der Waals surface area contributed by atoms with Crippen molar-refractivity contribution in [1.82, 2.24) is 10.1 Å². The Hall–Kier alpha value is -2.01. The third-order valence-electron chi connectivity index (χ3n) is 2.64. The number of carboxylic acids is 1. The number of nitrogens with zero attached hydrogens (tertiary/aromatic N) is 1. The van der Waals surface area contributed by atoms with Gasteiger partial charge in [-0.1, -0.05) is 36.4 Å². The molecule has 0 aliphatic heterocycles. The number of carbonyl (C=O) groups is 1. The molecule has 2 rings (SSSR count). The molecule has 7 heteroatoms.